The monoisotopic (exact) mass is 312 g/mol. The first-order valence-electron chi connectivity index (χ1n) is 9.02. The average molecular weight is 313 g/mol. The summed E-state index contributed by atoms with van der Waals surface area (Å²) in [5.74, 6) is 0. The molecule has 0 atom stereocenters. The van der Waals surface area contributed by atoms with Gasteiger partial charge >= 0.3 is 0 Å². The molecule has 0 saturated carbocycles. The van der Waals surface area contributed by atoms with Crippen LogP contribution in [0.4, 0.5) is 0 Å². The van der Waals surface area contributed by atoms with Crippen LogP contribution in [0.15, 0.2) is 0 Å². The lowest BCUT2D eigenvalue weighted by atomic mass is 9.98. The third-order valence-corrected chi connectivity index (χ3v) is 4.82. The summed E-state index contributed by atoms with van der Waals surface area (Å²) in [6, 6.07) is 1.36. The Morgan fingerprint density at radius 2 is 1.50 bits per heavy atom. The van der Waals surface area contributed by atoms with Crippen molar-refractivity contribution in [3.05, 3.63) is 0 Å². The van der Waals surface area contributed by atoms with Crippen molar-refractivity contribution in [2.75, 3.05) is 39.3 Å². The van der Waals surface area contributed by atoms with Gasteiger partial charge in [0.1, 0.15) is 0 Å². The molecular weight excluding hydrogens is 272 g/mol. The van der Waals surface area contributed by atoms with Gasteiger partial charge in [0, 0.05) is 62.4 Å². The van der Waals surface area contributed by atoms with Crippen LogP contribution in [0.1, 0.15) is 55.4 Å². The summed E-state index contributed by atoms with van der Waals surface area (Å²) in [5, 5.41) is 6.92. The highest BCUT2D eigenvalue weighted by Crippen LogP contribution is 2.18. The van der Waals surface area contributed by atoms with E-state index in [1.165, 1.54) is 19.6 Å². The molecule has 2 rings (SSSR count). The van der Waals surface area contributed by atoms with Gasteiger partial charge in [-0.3, -0.25) is 9.80 Å². The predicted molar refractivity (Wildman–Crippen MR) is 97.6 cm³/mol. The number of nitrogens with one attached hydrogen (secondary N) is 2. The Kier molecular flexibility index (Phi) is 7.31. The summed E-state index contributed by atoms with van der Waals surface area (Å²) in [6.45, 7) is 25.2. The summed E-state index contributed by atoms with van der Waals surface area (Å²) >= 11 is 0. The maximum atomic E-state index is 3.50. The quantitative estimate of drug-likeness (QED) is 0.818. The zero-order valence-corrected chi connectivity index (χ0v) is 16.3. The van der Waals surface area contributed by atoms with Crippen LogP contribution in [0.3, 0.4) is 0 Å². The minimum atomic E-state index is 0.308. The van der Waals surface area contributed by atoms with Gasteiger partial charge in [-0.15, -0.1) is 0 Å². The molecule has 0 aromatic heterocycles. The number of nitrogens with zero attached hydrogens (tertiary/aromatic N) is 2. The Morgan fingerprint density at radius 1 is 0.864 bits per heavy atom. The summed E-state index contributed by atoms with van der Waals surface area (Å²) in [5.41, 5.74) is 0.648. The van der Waals surface area contributed by atoms with Crippen molar-refractivity contribution >= 4 is 0 Å². The van der Waals surface area contributed by atoms with E-state index in [0.29, 0.717) is 23.2 Å². The molecule has 2 aliphatic heterocycles. The highest BCUT2D eigenvalue weighted by molar-refractivity contribution is 4.90. The molecule has 2 fully saturated rings. The van der Waals surface area contributed by atoms with Crippen molar-refractivity contribution in [2.24, 2.45) is 0 Å². The fraction of sp³-hybridized carbons (Fsp3) is 1.00. The number of rotatable bonds is 2. The van der Waals surface area contributed by atoms with E-state index in [9.17, 15) is 0 Å². The van der Waals surface area contributed by atoms with E-state index in [1.54, 1.807) is 0 Å². The Balaban J connectivity index is 0.000000220. The van der Waals surface area contributed by atoms with Crippen LogP contribution >= 0.6 is 0 Å². The van der Waals surface area contributed by atoms with Gasteiger partial charge in [0.25, 0.3) is 0 Å². The predicted octanol–water partition coefficient (Wildman–Crippen LogP) is 2.16. The van der Waals surface area contributed by atoms with E-state index in [-0.39, 0.29) is 0 Å². The molecule has 2 heterocycles. The molecule has 0 bridgehead atoms. The third-order valence-electron chi connectivity index (χ3n) is 4.82. The molecule has 132 valence electrons. The minimum Gasteiger partial charge on any atom is -0.314 e. The highest BCUT2D eigenvalue weighted by atomic mass is 15.3. The molecule has 22 heavy (non-hydrogen) atoms. The van der Waals surface area contributed by atoms with E-state index >= 15 is 0 Å². The van der Waals surface area contributed by atoms with Crippen LogP contribution in [0.2, 0.25) is 0 Å². The van der Waals surface area contributed by atoms with Gasteiger partial charge in [0.2, 0.25) is 0 Å². The Hall–Kier alpha value is -0.160. The van der Waals surface area contributed by atoms with Gasteiger partial charge in [-0.25, -0.2) is 0 Å². The van der Waals surface area contributed by atoms with Crippen molar-refractivity contribution in [3.8, 4) is 0 Å². The molecule has 0 aliphatic carbocycles. The van der Waals surface area contributed by atoms with E-state index < -0.39 is 0 Å². The molecule has 4 heteroatoms. The standard InChI is InChI=1S/2C9H20N2/c1-8(2)11-6-5-10-9(3,4)7-11;1-8(2)11-6-5-10-7-9(11,3)4/h2*8,10H,5-7H2,1-4H3. The summed E-state index contributed by atoms with van der Waals surface area (Å²) in [6.07, 6.45) is 0. The Bertz CT molecular complexity index is 323. The summed E-state index contributed by atoms with van der Waals surface area (Å²) < 4.78 is 0. The zero-order valence-electron chi connectivity index (χ0n) is 16.3. The SMILES string of the molecule is CC(C)N1CCNC(C)(C)C1.CC(C)N1CCNCC1(C)C. The molecule has 0 amide bonds. The molecule has 0 spiro atoms. The van der Waals surface area contributed by atoms with Gasteiger partial charge in [0.05, 0.1) is 0 Å². The van der Waals surface area contributed by atoms with Gasteiger partial charge in [-0.2, -0.15) is 0 Å². The molecule has 4 nitrogen and oxygen atoms in total. The topological polar surface area (TPSA) is 30.5 Å². The van der Waals surface area contributed by atoms with Crippen LogP contribution in [0.5, 0.6) is 0 Å². The first kappa shape index (κ1) is 19.9. The van der Waals surface area contributed by atoms with Crippen molar-refractivity contribution in [1.82, 2.24) is 20.4 Å². The summed E-state index contributed by atoms with van der Waals surface area (Å²) in [7, 11) is 0. The van der Waals surface area contributed by atoms with Gasteiger partial charge in [-0.1, -0.05) is 0 Å². The molecular formula is C18H40N4. The second-order valence-corrected chi connectivity index (χ2v) is 8.65. The second-order valence-electron chi connectivity index (χ2n) is 8.65. The number of hydrogen-bond donors (Lipinski definition) is 2. The zero-order chi connectivity index (χ0) is 17.0. The third kappa shape index (κ3) is 6.15. The number of hydrogen-bond acceptors (Lipinski definition) is 4. The molecule has 0 unspecified atom stereocenters. The van der Waals surface area contributed by atoms with E-state index in [0.717, 1.165) is 19.6 Å². The lowest BCUT2D eigenvalue weighted by Crippen LogP contribution is -2.59. The average Bonchev–Trinajstić information content (AvgIpc) is 2.37. The maximum absolute atomic E-state index is 3.50. The van der Waals surface area contributed by atoms with Gasteiger partial charge < -0.3 is 10.6 Å². The lowest BCUT2D eigenvalue weighted by molar-refractivity contribution is 0.0595. The Labute approximate surface area is 139 Å². The fourth-order valence-corrected chi connectivity index (χ4v) is 3.58. The van der Waals surface area contributed by atoms with Crippen LogP contribution < -0.4 is 10.6 Å². The molecule has 2 saturated heterocycles. The molecule has 0 aromatic carbocycles. The smallest absolute Gasteiger partial charge is 0.0280 e. The van der Waals surface area contributed by atoms with Crippen LogP contribution in [-0.4, -0.2) is 72.2 Å². The first-order chi connectivity index (χ1) is 10.1. The van der Waals surface area contributed by atoms with Gasteiger partial charge in [0.15, 0.2) is 0 Å². The van der Waals surface area contributed by atoms with Crippen molar-refractivity contribution in [2.45, 2.75) is 78.6 Å². The first-order valence-corrected chi connectivity index (χ1v) is 9.02. The molecule has 2 N–H and O–H groups in total. The molecule has 0 aromatic rings. The van der Waals surface area contributed by atoms with Gasteiger partial charge in [-0.05, 0) is 55.4 Å². The second kappa shape index (κ2) is 8.09. The molecule has 0 radical (unpaired) electrons. The van der Waals surface area contributed by atoms with Crippen LogP contribution in [0.25, 0.3) is 0 Å². The van der Waals surface area contributed by atoms with Crippen LogP contribution in [-0.2, 0) is 0 Å². The van der Waals surface area contributed by atoms with Crippen LogP contribution in [0, 0.1) is 0 Å². The number of piperazine rings is 2. The van der Waals surface area contributed by atoms with Crippen molar-refractivity contribution < 1.29 is 0 Å². The van der Waals surface area contributed by atoms with Crippen molar-refractivity contribution in [1.29, 1.82) is 0 Å². The van der Waals surface area contributed by atoms with E-state index in [2.05, 4.69) is 75.8 Å². The minimum absolute atomic E-state index is 0.308. The fourth-order valence-electron chi connectivity index (χ4n) is 3.58. The normalized spacial score (nSPS) is 25.9. The molecule has 2 aliphatic rings. The maximum Gasteiger partial charge on any atom is 0.0280 e. The summed E-state index contributed by atoms with van der Waals surface area (Å²) in [4.78, 5) is 5.08. The van der Waals surface area contributed by atoms with Crippen molar-refractivity contribution in [3.63, 3.8) is 0 Å². The lowest BCUT2D eigenvalue weighted by Gasteiger charge is -2.45. The van der Waals surface area contributed by atoms with E-state index in [1.807, 2.05) is 0 Å². The van der Waals surface area contributed by atoms with E-state index in [4.69, 9.17) is 0 Å². The highest BCUT2D eigenvalue weighted by Gasteiger charge is 2.30. The largest absolute Gasteiger partial charge is 0.314 e. The Morgan fingerprint density at radius 3 is 1.86 bits per heavy atom.